The van der Waals surface area contributed by atoms with Gasteiger partial charge < -0.3 is 15.0 Å². The van der Waals surface area contributed by atoms with Crippen LogP contribution in [0.3, 0.4) is 0 Å². The zero-order valence-corrected chi connectivity index (χ0v) is 13.3. The number of amides is 1. The highest BCUT2D eigenvalue weighted by molar-refractivity contribution is 5.76. The molecule has 1 aromatic carbocycles. The second-order valence-electron chi connectivity index (χ2n) is 5.80. The van der Waals surface area contributed by atoms with Gasteiger partial charge in [0.15, 0.2) is 0 Å². The van der Waals surface area contributed by atoms with E-state index in [4.69, 9.17) is 4.74 Å². The number of morpholine rings is 1. The summed E-state index contributed by atoms with van der Waals surface area (Å²) in [5, 5.41) is 7.51. The van der Waals surface area contributed by atoms with Crippen molar-refractivity contribution in [3.63, 3.8) is 0 Å². The van der Waals surface area contributed by atoms with Crippen molar-refractivity contribution in [3.05, 3.63) is 48.3 Å². The van der Waals surface area contributed by atoms with Gasteiger partial charge >= 0.3 is 0 Å². The molecule has 0 spiro atoms. The number of aromatic nitrogens is 2. The standard InChI is InChI=1S/C17H22N4O2/c1-20(17(22)11-15-13-23-10-8-18-15)12-14-3-5-16(6-4-14)21-9-2-7-19-21/h2-7,9,15,18H,8,10-13H2,1H3/t15-/m1/s1. The molecule has 2 aromatic rings. The van der Waals surface area contributed by atoms with Gasteiger partial charge in [0.05, 0.1) is 18.9 Å². The lowest BCUT2D eigenvalue weighted by Gasteiger charge is -2.25. The van der Waals surface area contributed by atoms with Gasteiger partial charge in [0.25, 0.3) is 0 Å². The zero-order valence-electron chi connectivity index (χ0n) is 13.3. The Morgan fingerprint density at radius 1 is 1.43 bits per heavy atom. The van der Waals surface area contributed by atoms with Crippen LogP contribution in [0.5, 0.6) is 0 Å². The van der Waals surface area contributed by atoms with Gasteiger partial charge in [-0.05, 0) is 23.8 Å². The second-order valence-corrected chi connectivity index (χ2v) is 5.80. The number of ether oxygens (including phenoxy) is 1. The highest BCUT2D eigenvalue weighted by Crippen LogP contribution is 2.11. The zero-order chi connectivity index (χ0) is 16.1. The second kappa shape index (κ2) is 7.39. The molecule has 0 saturated carbocycles. The van der Waals surface area contributed by atoms with Gasteiger partial charge in [0.1, 0.15) is 0 Å². The Balaban J connectivity index is 1.54. The molecule has 0 bridgehead atoms. The lowest BCUT2D eigenvalue weighted by Crippen LogP contribution is -2.44. The number of carbonyl (C=O) groups excluding carboxylic acids is 1. The maximum Gasteiger partial charge on any atom is 0.224 e. The molecule has 1 atom stereocenters. The van der Waals surface area contributed by atoms with Crippen LogP contribution in [0.4, 0.5) is 0 Å². The molecule has 0 aliphatic carbocycles. The van der Waals surface area contributed by atoms with E-state index in [9.17, 15) is 4.79 Å². The van der Waals surface area contributed by atoms with Gasteiger partial charge in [-0.2, -0.15) is 5.10 Å². The van der Waals surface area contributed by atoms with Crippen molar-refractivity contribution in [1.82, 2.24) is 20.0 Å². The summed E-state index contributed by atoms with van der Waals surface area (Å²) in [7, 11) is 1.84. The fraction of sp³-hybridized carbons (Fsp3) is 0.412. The molecule has 6 nitrogen and oxygen atoms in total. The SMILES string of the molecule is CN(Cc1ccc(-n2cccn2)cc1)C(=O)C[C@@H]1COCCN1. The molecule has 1 fully saturated rings. The Bertz CT molecular complexity index is 619. The fourth-order valence-electron chi connectivity index (χ4n) is 2.66. The van der Waals surface area contributed by atoms with Crippen molar-refractivity contribution in [2.45, 2.75) is 19.0 Å². The van der Waals surface area contributed by atoms with E-state index in [2.05, 4.69) is 10.4 Å². The van der Waals surface area contributed by atoms with Crippen LogP contribution in [0, 0.1) is 0 Å². The first-order chi connectivity index (χ1) is 11.2. The van der Waals surface area contributed by atoms with E-state index in [1.807, 2.05) is 48.3 Å². The topological polar surface area (TPSA) is 59.4 Å². The summed E-state index contributed by atoms with van der Waals surface area (Å²) >= 11 is 0. The highest BCUT2D eigenvalue weighted by Gasteiger charge is 2.19. The molecule has 1 aromatic heterocycles. The highest BCUT2D eigenvalue weighted by atomic mass is 16.5. The molecule has 122 valence electrons. The van der Waals surface area contributed by atoms with Crippen LogP contribution < -0.4 is 5.32 Å². The van der Waals surface area contributed by atoms with Gasteiger partial charge in [0.2, 0.25) is 5.91 Å². The molecule has 1 amide bonds. The number of nitrogens with zero attached hydrogens (tertiary/aromatic N) is 3. The summed E-state index contributed by atoms with van der Waals surface area (Å²) in [4.78, 5) is 14.0. The van der Waals surface area contributed by atoms with Crippen molar-refractivity contribution in [3.8, 4) is 5.69 Å². The molecular formula is C17H22N4O2. The van der Waals surface area contributed by atoms with E-state index in [0.29, 0.717) is 19.6 Å². The maximum absolute atomic E-state index is 12.3. The van der Waals surface area contributed by atoms with Gasteiger partial charge in [-0.15, -0.1) is 0 Å². The van der Waals surface area contributed by atoms with Crippen LogP contribution in [0.15, 0.2) is 42.7 Å². The lowest BCUT2D eigenvalue weighted by molar-refractivity contribution is -0.131. The fourth-order valence-corrected chi connectivity index (χ4v) is 2.66. The summed E-state index contributed by atoms with van der Waals surface area (Å²) in [5.41, 5.74) is 2.11. The molecule has 1 saturated heterocycles. The molecule has 0 unspecified atom stereocenters. The van der Waals surface area contributed by atoms with Crippen molar-refractivity contribution < 1.29 is 9.53 Å². The average molecular weight is 314 g/mol. The third-order valence-electron chi connectivity index (χ3n) is 3.97. The lowest BCUT2D eigenvalue weighted by atomic mass is 10.1. The summed E-state index contributed by atoms with van der Waals surface area (Å²) in [5.74, 6) is 0.129. The largest absolute Gasteiger partial charge is 0.378 e. The average Bonchev–Trinajstić information content (AvgIpc) is 3.11. The van der Waals surface area contributed by atoms with E-state index in [1.54, 1.807) is 11.1 Å². The molecule has 1 aliphatic rings. The molecule has 2 heterocycles. The van der Waals surface area contributed by atoms with Crippen molar-refractivity contribution in [2.75, 3.05) is 26.8 Å². The van der Waals surface area contributed by atoms with E-state index < -0.39 is 0 Å². The van der Waals surface area contributed by atoms with E-state index in [-0.39, 0.29) is 11.9 Å². The quantitative estimate of drug-likeness (QED) is 0.901. The third kappa shape index (κ3) is 4.18. The van der Waals surface area contributed by atoms with Crippen LogP contribution in [0.25, 0.3) is 5.69 Å². The smallest absolute Gasteiger partial charge is 0.224 e. The molecule has 23 heavy (non-hydrogen) atoms. The van der Waals surface area contributed by atoms with Gasteiger partial charge in [0, 0.05) is 45.0 Å². The first-order valence-corrected chi connectivity index (χ1v) is 7.86. The predicted molar refractivity (Wildman–Crippen MR) is 87.3 cm³/mol. The summed E-state index contributed by atoms with van der Waals surface area (Å²) in [6, 6.07) is 10.1. The van der Waals surface area contributed by atoms with Gasteiger partial charge in [-0.1, -0.05) is 12.1 Å². The van der Waals surface area contributed by atoms with Crippen LogP contribution in [0.1, 0.15) is 12.0 Å². The van der Waals surface area contributed by atoms with Crippen LogP contribution >= 0.6 is 0 Å². The molecule has 0 radical (unpaired) electrons. The normalized spacial score (nSPS) is 17.9. The number of rotatable bonds is 5. The van der Waals surface area contributed by atoms with Crippen molar-refractivity contribution in [2.24, 2.45) is 0 Å². The Kier molecular flexibility index (Phi) is 5.05. The third-order valence-corrected chi connectivity index (χ3v) is 3.97. The minimum absolute atomic E-state index is 0.126. The van der Waals surface area contributed by atoms with E-state index >= 15 is 0 Å². The van der Waals surface area contributed by atoms with Crippen LogP contribution in [0.2, 0.25) is 0 Å². The van der Waals surface area contributed by atoms with Crippen LogP contribution in [-0.2, 0) is 16.1 Å². The summed E-state index contributed by atoms with van der Waals surface area (Å²) in [6.07, 6.45) is 4.13. The first kappa shape index (κ1) is 15.7. The Morgan fingerprint density at radius 2 is 2.26 bits per heavy atom. The summed E-state index contributed by atoms with van der Waals surface area (Å²) in [6.45, 7) is 2.75. The molecular weight excluding hydrogens is 292 g/mol. The minimum atomic E-state index is 0.126. The molecule has 1 aliphatic heterocycles. The Labute approximate surface area is 136 Å². The number of hydrogen-bond acceptors (Lipinski definition) is 4. The van der Waals surface area contributed by atoms with Gasteiger partial charge in [-0.3, -0.25) is 4.79 Å². The number of hydrogen-bond donors (Lipinski definition) is 1. The number of carbonyl (C=O) groups is 1. The summed E-state index contributed by atoms with van der Waals surface area (Å²) < 4.78 is 7.20. The predicted octanol–water partition coefficient (Wildman–Crippen LogP) is 1.21. The molecule has 3 rings (SSSR count). The first-order valence-electron chi connectivity index (χ1n) is 7.86. The van der Waals surface area contributed by atoms with Crippen LogP contribution in [-0.4, -0.2) is 53.4 Å². The van der Waals surface area contributed by atoms with Crippen molar-refractivity contribution >= 4 is 5.91 Å². The van der Waals surface area contributed by atoms with Crippen molar-refractivity contribution in [1.29, 1.82) is 0 Å². The number of nitrogens with one attached hydrogen (secondary N) is 1. The van der Waals surface area contributed by atoms with E-state index in [1.165, 1.54) is 0 Å². The van der Waals surface area contributed by atoms with E-state index in [0.717, 1.165) is 24.4 Å². The van der Waals surface area contributed by atoms with Gasteiger partial charge in [-0.25, -0.2) is 4.68 Å². The monoisotopic (exact) mass is 314 g/mol. The molecule has 6 heteroatoms. The minimum Gasteiger partial charge on any atom is -0.378 e. The maximum atomic E-state index is 12.3. The Morgan fingerprint density at radius 3 is 2.91 bits per heavy atom. The molecule has 1 N–H and O–H groups in total. The Hall–Kier alpha value is -2.18. The number of benzene rings is 1.